The Balaban J connectivity index is 1.66. The van der Waals surface area contributed by atoms with Gasteiger partial charge in [-0.2, -0.15) is 0 Å². The summed E-state index contributed by atoms with van der Waals surface area (Å²) in [6, 6.07) is 18.3. The van der Waals surface area contributed by atoms with Gasteiger partial charge in [0.15, 0.2) is 0 Å². The van der Waals surface area contributed by atoms with Crippen LogP contribution in [0.5, 0.6) is 0 Å². The minimum absolute atomic E-state index is 0.116. The molecule has 0 unspecified atom stereocenters. The van der Waals surface area contributed by atoms with Crippen molar-refractivity contribution in [2.24, 2.45) is 0 Å². The number of carbonyl (C=O) groups excluding carboxylic acids is 1. The fourth-order valence-corrected chi connectivity index (χ4v) is 3.15. The molecule has 0 amide bonds. The van der Waals surface area contributed by atoms with Crippen molar-refractivity contribution in [3.8, 4) is 0 Å². The molecule has 2 aromatic carbocycles. The highest BCUT2D eigenvalue weighted by Gasteiger charge is 2.13. The van der Waals surface area contributed by atoms with E-state index in [1.807, 2.05) is 30.3 Å². The third-order valence-electron chi connectivity index (χ3n) is 4.44. The van der Waals surface area contributed by atoms with E-state index < -0.39 is 0 Å². The summed E-state index contributed by atoms with van der Waals surface area (Å²) in [6.07, 6.45) is 6.23. The molecule has 3 aromatic rings. The maximum atomic E-state index is 14.0. The lowest BCUT2D eigenvalue weighted by atomic mass is 10.0. The fraction of sp³-hybridized carbons (Fsp3) is 0.0870. The van der Waals surface area contributed by atoms with Crippen LogP contribution in [0.25, 0.3) is 16.5 Å². The lowest BCUT2D eigenvalue weighted by Gasteiger charge is -2.01. The van der Waals surface area contributed by atoms with Crippen LogP contribution in [0.15, 0.2) is 88.6 Å². The van der Waals surface area contributed by atoms with Gasteiger partial charge in [-0.25, -0.2) is 4.39 Å². The number of furan rings is 1. The largest absolute Gasteiger partial charge is 0.456 e. The zero-order chi connectivity index (χ0) is 17.9. The molecule has 4 rings (SSSR count). The quantitative estimate of drug-likeness (QED) is 0.561. The summed E-state index contributed by atoms with van der Waals surface area (Å²) in [4.78, 5) is 10.9. The first-order chi connectivity index (χ1) is 12.7. The number of allylic oxidation sites excluding steroid dienone is 6. The van der Waals surface area contributed by atoms with Gasteiger partial charge in [0, 0.05) is 23.0 Å². The Morgan fingerprint density at radius 2 is 1.85 bits per heavy atom. The van der Waals surface area contributed by atoms with E-state index in [9.17, 15) is 9.18 Å². The number of benzene rings is 2. The Hall–Kier alpha value is -3.20. The topological polar surface area (TPSA) is 30.2 Å². The van der Waals surface area contributed by atoms with Gasteiger partial charge in [-0.1, -0.05) is 48.6 Å². The molecule has 0 atom stereocenters. The first kappa shape index (κ1) is 16.3. The first-order valence-corrected chi connectivity index (χ1v) is 8.50. The molecule has 0 saturated heterocycles. The summed E-state index contributed by atoms with van der Waals surface area (Å²) in [7, 11) is 0. The normalized spacial score (nSPS) is 14.4. The van der Waals surface area contributed by atoms with Crippen LogP contribution in [0.1, 0.15) is 23.3 Å². The minimum atomic E-state index is -0.350. The van der Waals surface area contributed by atoms with E-state index in [4.69, 9.17) is 4.42 Å². The van der Waals surface area contributed by atoms with Gasteiger partial charge in [-0.15, -0.1) is 0 Å². The number of aldehydes is 1. The lowest BCUT2D eigenvalue weighted by Crippen LogP contribution is -1.86. The maximum Gasteiger partial charge on any atom is 0.150 e. The number of rotatable bonds is 4. The van der Waals surface area contributed by atoms with Crippen molar-refractivity contribution in [1.82, 2.24) is 0 Å². The van der Waals surface area contributed by atoms with E-state index >= 15 is 0 Å². The second-order valence-corrected chi connectivity index (χ2v) is 6.39. The molecule has 26 heavy (non-hydrogen) atoms. The van der Waals surface area contributed by atoms with Gasteiger partial charge >= 0.3 is 0 Å². The van der Waals surface area contributed by atoms with Crippen molar-refractivity contribution >= 4 is 22.8 Å². The van der Waals surface area contributed by atoms with Crippen LogP contribution in [-0.2, 0) is 11.2 Å². The number of hydrogen-bond acceptors (Lipinski definition) is 2. The van der Waals surface area contributed by atoms with Gasteiger partial charge in [0.05, 0.1) is 0 Å². The van der Waals surface area contributed by atoms with Crippen molar-refractivity contribution in [1.29, 1.82) is 0 Å². The monoisotopic (exact) mass is 344 g/mol. The maximum absolute atomic E-state index is 14.0. The van der Waals surface area contributed by atoms with E-state index in [2.05, 4.69) is 24.3 Å². The predicted molar refractivity (Wildman–Crippen MR) is 101 cm³/mol. The van der Waals surface area contributed by atoms with Gasteiger partial charge in [-0.3, -0.25) is 4.79 Å². The molecule has 0 radical (unpaired) electrons. The number of hydrogen-bond donors (Lipinski definition) is 0. The highest BCUT2D eigenvalue weighted by Crippen LogP contribution is 2.31. The number of halogens is 1. The van der Waals surface area contributed by atoms with Crippen molar-refractivity contribution in [2.45, 2.75) is 12.8 Å². The molecule has 128 valence electrons. The van der Waals surface area contributed by atoms with Gasteiger partial charge in [-0.05, 0) is 41.8 Å². The van der Waals surface area contributed by atoms with E-state index in [0.29, 0.717) is 17.6 Å². The summed E-state index contributed by atoms with van der Waals surface area (Å²) in [6.45, 7) is 0. The highest BCUT2D eigenvalue weighted by atomic mass is 19.1. The Morgan fingerprint density at radius 3 is 2.65 bits per heavy atom. The second kappa shape index (κ2) is 6.96. The molecule has 1 aromatic heterocycles. The van der Waals surface area contributed by atoms with Crippen LogP contribution >= 0.6 is 0 Å². The molecular formula is C23H17FO2. The van der Waals surface area contributed by atoms with Crippen molar-refractivity contribution in [3.05, 3.63) is 101 Å². The Morgan fingerprint density at radius 1 is 1.00 bits per heavy atom. The third kappa shape index (κ3) is 3.42. The average Bonchev–Trinajstić information content (AvgIpc) is 2.98. The Kier molecular flexibility index (Phi) is 4.36. The van der Waals surface area contributed by atoms with Gasteiger partial charge in [0.2, 0.25) is 0 Å². The summed E-state index contributed by atoms with van der Waals surface area (Å²) in [5.74, 6) is 0.279. The summed E-state index contributed by atoms with van der Waals surface area (Å²) < 4.78 is 19.9. The molecular weight excluding hydrogens is 327 g/mol. The molecule has 1 aliphatic rings. The van der Waals surface area contributed by atoms with E-state index in [0.717, 1.165) is 23.0 Å². The van der Waals surface area contributed by atoms with Crippen LogP contribution in [0.2, 0.25) is 0 Å². The molecule has 0 bridgehead atoms. The van der Waals surface area contributed by atoms with Crippen LogP contribution in [0, 0.1) is 0 Å². The Labute approximate surface area is 151 Å². The average molecular weight is 344 g/mol. The highest BCUT2D eigenvalue weighted by molar-refractivity contribution is 5.85. The van der Waals surface area contributed by atoms with Crippen LogP contribution in [-0.4, -0.2) is 6.29 Å². The molecule has 0 fully saturated rings. The molecule has 0 aliphatic heterocycles. The van der Waals surface area contributed by atoms with Gasteiger partial charge < -0.3 is 4.42 Å². The van der Waals surface area contributed by atoms with Gasteiger partial charge in [0.25, 0.3) is 0 Å². The number of fused-ring (bicyclic) bond motifs is 1. The molecule has 2 nitrogen and oxygen atoms in total. The van der Waals surface area contributed by atoms with E-state index in [1.165, 1.54) is 17.2 Å². The zero-order valence-corrected chi connectivity index (χ0v) is 14.1. The summed E-state index contributed by atoms with van der Waals surface area (Å²) in [5.41, 5.74) is 4.25. The molecule has 1 heterocycles. The molecule has 0 saturated carbocycles. The number of carbonyl (C=O) groups is 1. The fourth-order valence-electron chi connectivity index (χ4n) is 3.15. The summed E-state index contributed by atoms with van der Waals surface area (Å²) >= 11 is 0. The van der Waals surface area contributed by atoms with Gasteiger partial charge in [0.1, 0.15) is 23.5 Å². The standard InChI is InChI=1S/C23H17FO2/c24-21-12-18(15-25)6-8-19(13-21)23-14-20-11-17(7-9-22(20)26-23)10-16-4-2-1-3-5-16/h1-9,11-12,14-15H,10,13H2. The first-order valence-electron chi connectivity index (χ1n) is 8.50. The molecule has 0 spiro atoms. The molecule has 3 heteroatoms. The summed E-state index contributed by atoms with van der Waals surface area (Å²) in [5, 5.41) is 0.988. The second-order valence-electron chi connectivity index (χ2n) is 6.39. The van der Waals surface area contributed by atoms with Crippen LogP contribution in [0.4, 0.5) is 4.39 Å². The molecule has 0 N–H and O–H groups in total. The smallest absolute Gasteiger partial charge is 0.150 e. The van der Waals surface area contributed by atoms with E-state index in [-0.39, 0.29) is 12.2 Å². The van der Waals surface area contributed by atoms with Crippen LogP contribution < -0.4 is 0 Å². The van der Waals surface area contributed by atoms with E-state index in [1.54, 1.807) is 12.2 Å². The SMILES string of the molecule is O=CC1=CC=C(c2cc3cc(Cc4ccccc4)ccc3o2)CC(F)=C1. The van der Waals surface area contributed by atoms with Crippen LogP contribution in [0.3, 0.4) is 0 Å². The van der Waals surface area contributed by atoms with Crippen molar-refractivity contribution in [2.75, 3.05) is 0 Å². The molecule has 1 aliphatic carbocycles. The van der Waals surface area contributed by atoms with Crippen molar-refractivity contribution < 1.29 is 13.6 Å². The third-order valence-corrected chi connectivity index (χ3v) is 4.44. The zero-order valence-electron chi connectivity index (χ0n) is 14.1. The van der Waals surface area contributed by atoms with Crippen molar-refractivity contribution in [3.63, 3.8) is 0 Å². The predicted octanol–water partition coefficient (Wildman–Crippen LogP) is 5.79. The Bertz CT molecular complexity index is 1050. The minimum Gasteiger partial charge on any atom is -0.456 e. The lowest BCUT2D eigenvalue weighted by molar-refractivity contribution is -0.104.